The van der Waals surface area contributed by atoms with E-state index in [0.29, 0.717) is 11.4 Å². The molecule has 2 rings (SSSR count). The fraction of sp³-hybridized carbons (Fsp3) is 0.222. The Morgan fingerprint density at radius 2 is 2.12 bits per heavy atom. The number of carbonyl (C=O) groups is 2. The maximum Gasteiger partial charge on any atom is 0.319 e. The van der Waals surface area contributed by atoms with Gasteiger partial charge in [-0.15, -0.1) is 0 Å². The highest BCUT2D eigenvalue weighted by atomic mass is 16.5. The van der Waals surface area contributed by atoms with Gasteiger partial charge in [-0.05, 0) is 6.07 Å². The number of methoxy groups -OCH3 is 1. The fourth-order valence-corrected chi connectivity index (χ4v) is 2.40. The lowest BCUT2D eigenvalue weighted by Gasteiger charge is -2.31. The Balaban J connectivity index is 2.24. The van der Waals surface area contributed by atoms with E-state index >= 15 is 0 Å². The molecule has 0 saturated carbocycles. The first-order chi connectivity index (χ1) is 11.6. The van der Waals surface area contributed by atoms with E-state index in [1.807, 2.05) is 24.3 Å². The lowest BCUT2D eigenvalue weighted by molar-refractivity contribution is -0.146. The molecule has 0 unspecified atom stereocenters. The van der Waals surface area contributed by atoms with Crippen molar-refractivity contribution in [2.75, 3.05) is 13.7 Å². The van der Waals surface area contributed by atoms with Crippen molar-refractivity contribution in [3.05, 3.63) is 60.8 Å². The number of amides is 2. The van der Waals surface area contributed by atoms with Gasteiger partial charge >= 0.3 is 12.0 Å². The van der Waals surface area contributed by atoms with E-state index in [2.05, 4.69) is 23.8 Å². The van der Waals surface area contributed by atoms with Crippen LogP contribution in [0.3, 0.4) is 0 Å². The molecule has 6 nitrogen and oxygen atoms in total. The number of ether oxygens (including phenoxy) is 2. The standard InChI is InChI=1S/C18H20N2O4/c1-4-11-24-17(21)16-12(2)19-18(22)20-14(16)10-9-13-7-5-6-8-15(13)23-3/h4-10,14,16H,1-2,11H2,3H3,(H2,19,20,22)/b10-9+/t14-,16+/m1/s1. The van der Waals surface area contributed by atoms with Gasteiger partial charge in [-0.2, -0.15) is 0 Å². The number of rotatable bonds is 6. The molecular weight excluding hydrogens is 308 g/mol. The number of hydrogen-bond donors (Lipinski definition) is 2. The van der Waals surface area contributed by atoms with Crippen LogP contribution in [0.15, 0.2) is 55.3 Å². The second kappa shape index (κ2) is 8.01. The average molecular weight is 328 g/mol. The van der Waals surface area contributed by atoms with E-state index in [1.54, 1.807) is 19.3 Å². The van der Waals surface area contributed by atoms with Crippen LogP contribution in [0.1, 0.15) is 5.56 Å². The molecule has 1 aliphatic heterocycles. The van der Waals surface area contributed by atoms with Gasteiger partial charge in [0.2, 0.25) is 0 Å². The van der Waals surface area contributed by atoms with Crippen molar-refractivity contribution in [2.24, 2.45) is 5.92 Å². The van der Waals surface area contributed by atoms with Crippen LogP contribution in [0.25, 0.3) is 6.08 Å². The molecule has 126 valence electrons. The Morgan fingerprint density at radius 1 is 1.38 bits per heavy atom. The molecule has 1 aromatic carbocycles. The average Bonchev–Trinajstić information content (AvgIpc) is 2.57. The molecule has 1 heterocycles. The topological polar surface area (TPSA) is 76.7 Å². The number of hydrogen-bond acceptors (Lipinski definition) is 4. The van der Waals surface area contributed by atoms with Crippen LogP contribution in [0.2, 0.25) is 0 Å². The number of nitrogens with one attached hydrogen (secondary N) is 2. The highest BCUT2D eigenvalue weighted by Gasteiger charge is 2.36. The van der Waals surface area contributed by atoms with Gasteiger partial charge in [-0.25, -0.2) is 4.79 Å². The third-order valence-corrected chi connectivity index (χ3v) is 3.53. The summed E-state index contributed by atoms with van der Waals surface area (Å²) in [5, 5.41) is 5.20. The number of para-hydroxylation sites is 1. The summed E-state index contributed by atoms with van der Waals surface area (Å²) in [7, 11) is 1.58. The van der Waals surface area contributed by atoms with E-state index in [-0.39, 0.29) is 6.61 Å². The maximum absolute atomic E-state index is 12.2. The summed E-state index contributed by atoms with van der Waals surface area (Å²) in [6.45, 7) is 7.36. The zero-order valence-electron chi connectivity index (χ0n) is 13.5. The van der Waals surface area contributed by atoms with Crippen molar-refractivity contribution < 1.29 is 19.1 Å². The highest BCUT2D eigenvalue weighted by molar-refractivity contribution is 5.85. The summed E-state index contributed by atoms with van der Waals surface area (Å²) >= 11 is 0. The second-order valence-corrected chi connectivity index (χ2v) is 5.15. The van der Waals surface area contributed by atoms with E-state index in [1.165, 1.54) is 6.08 Å². The molecule has 0 aliphatic carbocycles. The summed E-state index contributed by atoms with van der Waals surface area (Å²) in [5.41, 5.74) is 1.12. The Bertz CT molecular complexity index is 681. The van der Waals surface area contributed by atoms with Crippen LogP contribution in [0.4, 0.5) is 4.79 Å². The van der Waals surface area contributed by atoms with E-state index in [9.17, 15) is 9.59 Å². The first kappa shape index (κ1) is 17.3. The van der Waals surface area contributed by atoms with Crippen LogP contribution >= 0.6 is 0 Å². The van der Waals surface area contributed by atoms with Crippen LogP contribution in [-0.2, 0) is 9.53 Å². The van der Waals surface area contributed by atoms with Gasteiger partial charge < -0.3 is 20.1 Å². The molecule has 6 heteroatoms. The Labute approximate surface area is 140 Å². The molecule has 1 fully saturated rings. The molecule has 2 N–H and O–H groups in total. The predicted molar refractivity (Wildman–Crippen MR) is 91.3 cm³/mol. The molecule has 1 aliphatic rings. The highest BCUT2D eigenvalue weighted by Crippen LogP contribution is 2.23. The normalized spacial score (nSPS) is 20.2. The van der Waals surface area contributed by atoms with Gasteiger partial charge in [-0.1, -0.05) is 49.6 Å². The van der Waals surface area contributed by atoms with Crippen molar-refractivity contribution >= 4 is 18.1 Å². The quantitative estimate of drug-likeness (QED) is 0.620. The largest absolute Gasteiger partial charge is 0.496 e. The Morgan fingerprint density at radius 3 is 2.83 bits per heavy atom. The number of carbonyl (C=O) groups excluding carboxylic acids is 2. The minimum absolute atomic E-state index is 0.0967. The molecule has 0 radical (unpaired) electrons. The molecule has 0 spiro atoms. The van der Waals surface area contributed by atoms with Crippen molar-refractivity contribution in [3.63, 3.8) is 0 Å². The maximum atomic E-state index is 12.2. The van der Waals surface area contributed by atoms with Gasteiger partial charge in [0.15, 0.2) is 0 Å². The third-order valence-electron chi connectivity index (χ3n) is 3.53. The van der Waals surface area contributed by atoms with Crippen LogP contribution < -0.4 is 15.4 Å². The lowest BCUT2D eigenvalue weighted by atomic mass is 9.93. The van der Waals surface area contributed by atoms with E-state index in [0.717, 1.165) is 5.56 Å². The van der Waals surface area contributed by atoms with E-state index < -0.39 is 24.0 Å². The predicted octanol–water partition coefficient (Wildman–Crippen LogP) is 2.25. The van der Waals surface area contributed by atoms with Crippen molar-refractivity contribution in [2.45, 2.75) is 6.04 Å². The van der Waals surface area contributed by atoms with Gasteiger partial charge in [0.1, 0.15) is 18.3 Å². The van der Waals surface area contributed by atoms with E-state index in [4.69, 9.17) is 9.47 Å². The van der Waals surface area contributed by atoms with Gasteiger partial charge in [-0.3, -0.25) is 4.79 Å². The Kier molecular flexibility index (Phi) is 5.78. The molecular formula is C18H20N2O4. The third kappa shape index (κ3) is 4.04. The number of benzene rings is 1. The monoisotopic (exact) mass is 328 g/mol. The molecule has 24 heavy (non-hydrogen) atoms. The summed E-state index contributed by atoms with van der Waals surface area (Å²) in [5.74, 6) is -0.519. The summed E-state index contributed by atoms with van der Waals surface area (Å²) in [6.07, 6.45) is 4.99. The summed E-state index contributed by atoms with van der Waals surface area (Å²) < 4.78 is 10.4. The van der Waals surface area contributed by atoms with Gasteiger partial charge in [0, 0.05) is 11.3 Å². The SMILES string of the molecule is C=CCOC(=O)[C@H]1C(=C)NC(=O)N[C@@H]1/C=C/c1ccccc1OC. The second-order valence-electron chi connectivity index (χ2n) is 5.15. The van der Waals surface area contributed by atoms with Crippen LogP contribution in [-0.4, -0.2) is 31.8 Å². The number of urea groups is 1. The summed E-state index contributed by atoms with van der Waals surface area (Å²) in [6, 6.07) is 6.45. The fourth-order valence-electron chi connectivity index (χ4n) is 2.40. The van der Waals surface area contributed by atoms with Crippen LogP contribution in [0, 0.1) is 5.92 Å². The first-order valence-electron chi connectivity index (χ1n) is 7.42. The minimum Gasteiger partial charge on any atom is -0.496 e. The zero-order chi connectivity index (χ0) is 17.5. The van der Waals surface area contributed by atoms with Crippen molar-refractivity contribution in [1.82, 2.24) is 10.6 Å². The zero-order valence-corrected chi connectivity index (χ0v) is 13.5. The van der Waals surface area contributed by atoms with Gasteiger partial charge in [0.05, 0.1) is 13.2 Å². The minimum atomic E-state index is -0.728. The Hall–Kier alpha value is -3.02. The molecule has 2 amide bonds. The van der Waals surface area contributed by atoms with Crippen LogP contribution in [0.5, 0.6) is 5.75 Å². The molecule has 0 aromatic heterocycles. The van der Waals surface area contributed by atoms with Gasteiger partial charge in [0.25, 0.3) is 0 Å². The van der Waals surface area contributed by atoms with Crippen molar-refractivity contribution in [3.8, 4) is 5.75 Å². The first-order valence-corrected chi connectivity index (χ1v) is 7.42. The summed E-state index contributed by atoms with van der Waals surface area (Å²) in [4.78, 5) is 23.9. The van der Waals surface area contributed by atoms with Crippen molar-refractivity contribution in [1.29, 1.82) is 0 Å². The molecule has 0 bridgehead atoms. The molecule has 2 atom stereocenters. The number of esters is 1. The molecule has 1 saturated heterocycles. The molecule has 1 aromatic rings. The smallest absolute Gasteiger partial charge is 0.319 e. The lowest BCUT2D eigenvalue weighted by Crippen LogP contribution is -2.55.